The summed E-state index contributed by atoms with van der Waals surface area (Å²) in [7, 11) is 0. The molecule has 104 valence electrons. The number of amides is 1. The number of nitrogens with one attached hydrogen (secondary N) is 1. The van der Waals surface area contributed by atoms with Crippen molar-refractivity contribution in [2.24, 2.45) is 5.73 Å². The molecule has 0 saturated heterocycles. The summed E-state index contributed by atoms with van der Waals surface area (Å²) in [5.74, 6) is -0.0671. The van der Waals surface area contributed by atoms with Gasteiger partial charge in [0.1, 0.15) is 0 Å². The van der Waals surface area contributed by atoms with Gasteiger partial charge in [0.05, 0.1) is 0 Å². The quantitative estimate of drug-likeness (QED) is 0.889. The SMILES string of the molecule is NCc1ccc(C(=O)NCCc2ccc(Cl)cc2)cc1. The van der Waals surface area contributed by atoms with Gasteiger partial charge in [0.2, 0.25) is 0 Å². The minimum Gasteiger partial charge on any atom is -0.352 e. The number of hydrogen-bond acceptors (Lipinski definition) is 2. The summed E-state index contributed by atoms with van der Waals surface area (Å²) in [6, 6.07) is 14.9. The van der Waals surface area contributed by atoms with Gasteiger partial charge in [-0.25, -0.2) is 0 Å². The van der Waals surface area contributed by atoms with E-state index in [1.165, 1.54) is 0 Å². The van der Waals surface area contributed by atoms with Crippen molar-refractivity contribution in [3.63, 3.8) is 0 Å². The van der Waals surface area contributed by atoms with Crippen LogP contribution in [-0.2, 0) is 13.0 Å². The second kappa shape index (κ2) is 7.08. The molecule has 0 heterocycles. The molecule has 0 aromatic heterocycles. The molecular weight excluding hydrogens is 272 g/mol. The zero-order valence-electron chi connectivity index (χ0n) is 11.1. The van der Waals surface area contributed by atoms with Crippen LogP contribution in [0.15, 0.2) is 48.5 Å². The maximum absolute atomic E-state index is 11.9. The minimum atomic E-state index is -0.0671. The Morgan fingerprint density at radius 3 is 2.20 bits per heavy atom. The molecule has 2 rings (SSSR count). The third-order valence-corrected chi connectivity index (χ3v) is 3.32. The zero-order chi connectivity index (χ0) is 14.4. The average Bonchev–Trinajstić information content (AvgIpc) is 2.49. The molecule has 20 heavy (non-hydrogen) atoms. The Morgan fingerprint density at radius 1 is 1.00 bits per heavy atom. The fourth-order valence-corrected chi connectivity index (χ4v) is 1.99. The molecule has 0 aliphatic rings. The number of halogens is 1. The molecule has 1 amide bonds. The normalized spacial score (nSPS) is 10.3. The van der Waals surface area contributed by atoms with Gasteiger partial charge in [-0.15, -0.1) is 0 Å². The highest BCUT2D eigenvalue weighted by Gasteiger charge is 2.04. The highest BCUT2D eigenvalue weighted by atomic mass is 35.5. The van der Waals surface area contributed by atoms with E-state index in [2.05, 4.69) is 5.32 Å². The first-order valence-corrected chi connectivity index (χ1v) is 6.88. The van der Waals surface area contributed by atoms with Gasteiger partial charge >= 0.3 is 0 Å². The molecule has 0 saturated carbocycles. The van der Waals surface area contributed by atoms with Crippen molar-refractivity contribution in [3.05, 3.63) is 70.2 Å². The lowest BCUT2D eigenvalue weighted by Crippen LogP contribution is -2.25. The Bertz CT molecular complexity index is 564. The standard InChI is InChI=1S/C16H17ClN2O/c17-15-7-3-12(4-8-15)9-10-19-16(20)14-5-1-13(11-18)2-6-14/h1-8H,9-11,18H2,(H,19,20). The first kappa shape index (κ1) is 14.6. The summed E-state index contributed by atoms with van der Waals surface area (Å²) < 4.78 is 0. The van der Waals surface area contributed by atoms with Gasteiger partial charge in [0.15, 0.2) is 0 Å². The van der Waals surface area contributed by atoms with Crippen LogP contribution in [0.25, 0.3) is 0 Å². The lowest BCUT2D eigenvalue weighted by atomic mass is 10.1. The van der Waals surface area contributed by atoms with Crippen LogP contribution in [0.1, 0.15) is 21.5 Å². The first-order valence-electron chi connectivity index (χ1n) is 6.50. The van der Waals surface area contributed by atoms with Crippen LogP contribution in [-0.4, -0.2) is 12.5 Å². The highest BCUT2D eigenvalue weighted by Crippen LogP contribution is 2.09. The Morgan fingerprint density at radius 2 is 1.60 bits per heavy atom. The summed E-state index contributed by atoms with van der Waals surface area (Å²) in [5.41, 5.74) is 8.34. The summed E-state index contributed by atoms with van der Waals surface area (Å²) in [5, 5.41) is 3.62. The number of hydrogen-bond donors (Lipinski definition) is 2. The fraction of sp³-hybridized carbons (Fsp3) is 0.188. The molecule has 0 bridgehead atoms. The monoisotopic (exact) mass is 288 g/mol. The molecule has 3 nitrogen and oxygen atoms in total. The molecule has 0 fully saturated rings. The second-order valence-electron chi connectivity index (χ2n) is 4.53. The van der Waals surface area contributed by atoms with Crippen LogP contribution >= 0.6 is 11.6 Å². The van der Waals surface area contributed by atoms with E-state index < -0.39 is 0 Å². The maximum Gasteiger partial charge on any atom is 0.251 e. The van der Waals surface area contributed by atoms with Crippen molar-refractivity contribution in [1.29, 1.82) is 0 Å². The highest BCUT2D eigenvalue weighted by molar-refractivity contribution is 6.30. The van der Waals surface area contributed by atoms with E-state index in [1.807, 2.05) is 36.4 Å². The average molecular weight is 289 g/mol. The molecule has 0 atom stereocenters. The van der Waals surface area contributed by atoms with E-state index in [0.29, 0.717) is 18.7 Å². The molecule has 2 aromatic carbocycles. The Labute approximate surface area is 123 Å². The first-order chi connectivity index (χ1) is 9.69. The summed E-state index contributed by atoms with van der Waals surface area (Å²) in [6.07, 6.45) is 0.782. The van der Waals surface area contributed by atoms with Crippen molar-refractivity contribution >= 4 is 17.5 Å². The van der Waals surface area contributed by atoms with Gasteiger partial charge in [0.25, 0.3) is 5.91 Å². The summed E-state index contributed by atoms with van der Waals surface area (Å²) in [6.45, 7) is 1.08. The Kier molecular flexibility index (Phi) is 5.16. The predicted molar refractivity (Wildman–Crippen MR) is 81.8 cm³/mol. The smallest absolute Gasteiger partial charge is 0.251 e. The van der Waals surface area contributed by atoms with Crippen LogP contribution in [0.2, 0.25) is 5.02 Å². The van der Waals surface area contributed by atoms with Crippen molar-refractivity contribution in [1.82, 2.24) is 5.32 Å². The molecular formula is C16H17ClN2O. The van der Waals surface area contributed by atoms with Crippen molar-refractivity contribution < 1.29 is 4.79 Å². The Balaban J connectivity index is 1.83. The topological polar surface area (TPSA) is 55.1 Å². The van der Waals surface area contributed by atoms with Gasteiger partial charge < -0.3 is 11.1 Å². The van der Waals surface area contributed by atoms with Gasteiger partial charge in [-0.1, -0.05) is 35.9 Å². The fourth-order valence-electron chi connectivity index (χ4n) is 1.87. The number of nitrogens with two attached hydrogens (primary N) is 1. The number of benzene rings is 2. The van der Waals surface area contributed by atoms with Gasteiger partial charge in [-0.3, -0.25) is 4.79 Å². The lowest BCUT2D eigenvalue weighted by Gasteiger charge is -2.06. The van der Waals surface area contributed by atoms with E-state index in [9.17, 15) is 4.79 Å². The molecule has 0 spiro atoms. The zero-order valence-corrected chi connectivity index (χ0v) is 11.9. The van der Waals surface area contributed by atoms with Crippen LogP contribution in [0, 0.1) is 0 Å². The van der Waals surface area contributed by atoms with Crippen LogP contribution in [0.4, 0.5) is 0 Å². The molecule has 4 heteroatoms. The van der Waals surface area contributed by atoms with Crippen LogP contribution < -0.4 is 11.1 Å². The molecule has 2 aromatic rings. The third kappa shape index (κ3) is 4.08. The van der Waals surface area contributed by atoms with Crippen molar-refractivity contribution in [2.75, 3.05) is 6.54 Å². The largest absolute Gasteiger partial charge is 0.352 e. The number of carbonyl (C=O) groups excluding carboxylic acids is 1. The van der Waals surface area contributed by atoms with E-state index in [0.717, 1.165) is 22.6 Å². The third-order valence-electron chi connectivity index (χ3n) is 3.06. The number of carbonyl (C=O) groups is 1. The van der Waals surface area contributed by atoms with Crippen molar-refractivity contribution in [3.8, 4) is 0 Å². The van der Waals surface area contributed by atoms with Crippen LogP contribution in [0.3, 0.4) is 0 Å². The van der Waals surface area contributed by atoms with E-state index in [1.54, 1.807) is 12.1 Å². The molecule has 0 aliphatic heterocycles. The van der Waals surface area contributed by atoms with Gasteiger partial charge in [-0.2, -0.15) is 0 Å². The van der Waals surface area contributed by atoms with Gasteiger partial charge in [0, 0.05) is 23.7 Å². The predicted octanol–water partition coefficient (Wildman–Crippen LogP) is 2.77. The molecule has 0 radical (unpaired) electrons. The Hall–Kier alpha value is -1.84. The molecule has 0 aliphatic carbocycles. The van der Waals surface area contributed by atoms with E-state index >= 15 is 0 Å². The molecule has 3 N–H and O–H groups in total. The maximum atomic E-state index is 11.9. The van der Waals surface area contributed by atoms with E-state index in [-0.39, 0.29) is 5.91 Å². The lowest BCUT2D eigenvalue weighted by molar-refractivity contribution is 0.0954. The summed E-state index contributed by atoms with van der Waals surface area (Å²) in [4.78, 5) is 11.9. The second-order valence-corrected chi connectivity index (χ2v) is 4.97. The molecule has 0 unspecified atom stereocenters. The summed E-state index contributed by atoms with van der Waals surface area (Å²) >= 11 is 5.82. The number of rotatable bonds is 5. The van der Waals surface area contributed by atoms with E-state index in [4.69, 9.17) is 17.3 Å². The van der Waals surface area contributed by atoms with Gasteiger partial charge in [-0.05, 0) is 41.8 Å². The van der Waals surface area contributed by atoms with Crippen LogP contribution in [0.5, 0.6) is 0 Å². The minimum absolute atomic E-state index is 0.0671. The van der Waals surface area contributed by atoms with Crippen molar-refractivity contribution in [2.45, 2.75) is 13.0 Å².